The van der Waals surface area contributed by atoms with Crippen LogP contribution in [0.4, 0.5) is 0 Å². The smallest absolute Gasteiger partial charge is 0.0807 e. The van der Waals surface area contributed by atoms with Crippen LogP contribution < -0.4 is 5.73 Å². The summed E-state index contributed by atoms with van der Waals surface area (Å²) in [5, 5.41) is 3.32. The molecule has 0 aromatic heterocycles. The number of allylic oxidation sites excluding steroid dienone is 2. The number of rotatable bonds is 7. The Kier molecular flexibility index (Phi) is 8.57. The summed E-state index contributed by atoms with van der Waals surface area (Å²) in [7, 11) is 0. The average molecular weight is 213 g/mol. The summed E-state index contributed by atoms with van der Waals surface area (Å²) < 4.78 is 0. The van der Waals surface area contributed by atoms with Gasteiger partial charge < -0.3 is 5.73 Å². The molecule has 80 valence electrons. The SMILES string of the molecule is C/C(=C\C=C(/C)CSCCN)CN=N. The Morgan fingerprint density at radius 3 is 2.57 bits per heavy atom. The largest absolute Gasteiger partial charge is 0.330 e. The molecule has 4 heteroatoms. The lowest BCUT2D eigenvalue weighted by Crippen LogP contribution is -2.01. The molecule has 0 aliphatic heterocycles. The predicted molar refractivity (Wildman–Crippen MR) is 63.9 cm³/mol. The molecule has 0 radical (unpaired) electrons. The Morgan fingerprint density at radius 1 is 1.36 bits per heavy atom. The quantitative estimate of drug-likeness (QED) is 0.388. The van der Waals surface area contributed by atoms with E-state index in [1.54, 1.807) is 0 Å². The Morgan fingerprint density at radius 2 is 2.00 bits per heavy atom. The lowest BCUT2D eigenvalue weighted by Gasteiger charge is -1.99. The van der Waals surface area contributed by atoms with E-state index >= 15 is 0 Å². The summed E-state index contributed by atoms with van der Waals surface area (Å²) in [5.74, 6) is 2.04. The molecule has 0 unspecified atom stereocenters. The van der Waals surface area contributed by atoms with Crippen LogP contribution in [0, 0.1) is 5.53 Å². The van der Waals surface area contributed by atoms with Crippen LogP contribution >= 0.6 is 11.8 Å². The van der Waals surface area contributed by atoms with Gasteiger partial charge in [0.1, 0.15) is 0 Å². The van der Waals surface area contributed by atoms with E-state index in [1.165, 1.54) is 5.57 Å². The summed E-state index contributed by atoms with van der Waals surface area (Å²) in [6.45, 7) is 5.32. The van der Waals surface area contributed by atoms with Crippen LogP contribution in [0.1, 0.15) is 13.8 Å². The molecule has 0 aromatic rings. The van der Waals surface area contributed by atoms with E-state index in [-0.39, 0.29) is 0 Å². The first-order valence-corrected chi connectivity index (χ1v) is 5.80. The number of hydrogen-bond acceptors (Lipinski definition) is 4. The van der Waals surface area contributed by atoms with Crippen LogP contribution in [0.25, 0.3) is 0 Å². The maximum atomic E-state index is 6.70. The van der Waals surface area contributed by atoms with E-state index in [2.05, 4.69) is 18.1 Å². The molecule has 14 heavy (non-hydrogen) atoms. The van der Waals surface area contributed by atoms with E-state index in [1.807, 2.05) is 24.8 Å². The molecular weight excluding hydrogens is 194 g/mol. The molecule has 0 spiro atoms. The number of thioether (sulfide) groups is 1. The van der Waals surface area contributed by atoms with Gasteiger partial charge in [-0.15, -0.1) is 0 Å². The van der Waals surface area contributed by atoms with Crippen molar-refractivity contribution in [3.05, 3.63) is 23.3 Å². The van der Waals surface area contributed by atoms with E-state index in [0.29, 0.717) is 6.54 Å². The molecule has 0 amide bonds. The zero-order chi connectivity index (χ0) is 10.8. The summed E-state index contributed by atoms with van der Waals surface area (Å²) in [4.78, 5) is 0. The van der Waals surface area contributed by atoms with Gasteiger partial charge in [-0.25, -0.2) is 5.53 Å². The second-order valence-corrected chi connectivity index (χ2v) is 4.29. The van der Waals surface area contributed by atoms with Gasteiger partial charge in [0.05, 0.1) is 6.54 Å². The molecule has 0 aromatic carbocycles. The third kappa shape index (κ3) is 8.01. The van der Waals surface area contributed by atoms with Crippen molar-refractivity contribution in [2.75, 3.05) is 24.6 Å². The van der Waals surface area contributed by atoms with Crippen molar-refractivity contribution in [3.63, 3.8) is 0 Å². The maximum Gasteiger partial charge on any atom is 0.0807 e. The number of hydrogen-bond donors (Lipinski definition) is 2. The van der Waals surface area contributed by atoms with Crippen molar-refractivity contribution >= 4 is 11.8 Å². The van der Waals surface area contributed by atoms with Crippen LogP contribution in [-0.2, 0) is 0 Å². The zero-order valence-electron chi connectivity index (χ0n) is 8.92. The Labute approximate surface area is 90.3 Å². The average Bonchev–Trinajstić information content (AvgIpc) is 2.16. The van der Waals surface area contributed by atoms with Crippen molar-refractivity contribution in [1.29, 1.82) is 5.53 Å². The van der Waals surface area contributed by atoms with Crippen molar-refractivity contribution < 1.29 is 0 Å². The second-order valence-electron chi connectivity index (χ2n) is 3.18. The third-order valence-electron chi connectivity index (χ3n) is 1.57. The maximum absolute atomic E-state index is 6.70. The molecule has 0 aliphatic carbocycles. The highest BCUT2D eigenvalue weighted by molar-refractivity contribution is 7.99. The Hall–Kier alpha value is -0.610. The molecule has 0 fully saturated rings. The molecule has 3 nitrogen and oxygen atoms in total. The highest BCUT2D eigenvalue weighted by atomic mass is 32.2. The fourth-order valence-corrected chi connectivity index (χ4v) is 1.56. The van der Waals surface area contributed by atoms with Crippen LogP contribution in [0.2, 0.25) is 0 Å². The minimum absolute atomic E-state index is 0.500. The summed E-state index contributed by atoms with van der Waals surface area (Å²) >= 11 is 1.84. The van der Waals surface area contributed by atoms with E-state index < -0.39 is 0 Å². The highest BCUT2D eigenvalue weighted by Crippen LogP contribution is 2.07. The zero-order valence-corrected chi connectivity index (χ0v) is 9.73. The number of nitrogens with one attached hydrogen (secondary N) is 1. The van der Waals surface area contributed by atoms with Gasteiger partial charge in [-0.3, -0.25) is 0 Å². The van der Waals surface area contributed by atoms with Gasteiger partial charge in [0, 0.05) is 18.1 Å². The van der Waals surface area contributed by atoms with Crippen molar-refractivity contribution in [2.24, 2.45) is 10.8 Å². The van der Waals surface area contributed by atoms with Crippen molar-refractivity contribution in [1.82, 2.24) is 0 Å². The minimum Gasteiger partial charge on any atom is -0.330 e. The topological polar surface area (TPSA) is 62.2 Å². The van der Waals surface area contributed by atoms with Gasteiger partial charge in [0.25, 0.3) is 0 Å². The van der Waals surface area contributed by atoms with Crippen LogP contribution in [0.5, 0.6) is 0 Å². The van der Waals surface area contributed by atoms with Crippen LogP contribution in [0.15, 0.2) is 28.4 Å². The Bertz CT molecular complexity index is 221. The normalized spacial score (nSPS) is 13.1. The van der Waals surface area contributed by atoms with E-state index in [9.17, 15) is 0 Å². The molecular formula is C10H19N3S. The van der Waals surface area contributed by atoms with Gasteiger partial charge in [-0.05, 0) is 13.8 Å². The van der Waals surface area contributed by atoms with E-state index in [4.69, 9.17) is 11.3 Å². The van der Waals surface area contributed by atoms with Crippen molar-refractivity contribution in [3.8, 4) is 0 Å². The minimum atomic E-state index is 0.500. The fraction of sp³-hybridized carbons (Fsp3) is 0.600. The van der Waals surface area contributed by atoms with Gasteiger partial charge in [-0.1, -0.05) is 23.3 Å². The molecule has 0 saturated carbocycles. The van der Waals surface area contributed by atoms with E-state index in [0.717, 1.165) is 23.6 Å². The molecule has 0 atom stereocenters. The van der Waals surface area contributed by atoms with Crippen LogP contribution in [0.3, 0.4) is 0 Å². The summed E-state index contributed by atoms with van der Waals surface area (Å²) in [6.07, 6.45) is 4.11. The van der Waals surface area contributed by atoms with Crippen molar-refractivity contribution in [2.45, 2.75) is 13.8 Å². The molecule has 0 bridgehead atoms. The Balaban J connectivity index is 3.85. The first kappa shape index (κ1) is 13.4. The highest BCUT2D eigenvalue weighted by Gasteiger charge is 1.89. The van der Waals surface area contributed by atoms with Gasteiger partial charge in [0.15, 0.2) is 0 Å². The first-order chi connectivity index (χ1) is 6.70. The number of nitrogens with two attached hydrogens (primary N) is 1. The van der Waals surface area contributed by atoms with Crippen LogP contribution in [-0.4, -0.2) is 24.6 Å². The summed E-state index contributed by atoms with van der Waals surface area (Å²) in [5.41, 5.74) is 14.5. The lowest BCUT2D eigenvalue weighted by molar-refractivity contribution is 0.962. The standard InChI is InChI=1S/C10H19N3S/c1-9(7-13-12)3-4-10(2)8-14-6-5-11/h3-4,12H,5-8,11H2,1-2H3/b9-3+,10-4+,13-12?. The van der Waals surface area contributed by atoms with Gasteiger partial charge in [0.2, 0.25) is 0 Å². The lowest BCUT2D eigenvalue weighted by atomic mass is 10.2. The van der Waals surface area contributed by atoms with Gasteiger partial charge >= 0.3 is 0 Å². The third-order valence-corrected chi connectivity index (χ3v) is 2.76. The molecule has 0 rings (SSSR count). The number of nitrogens with zero attached hydrogens (tertiary/aromatic N) is 1. The molecule has 0 heterocycles. The second kappa shape index (κ2) is 8.97. The predicted octanol–water partition coefficient (Wildman–Crippen LogP) is 2.60. The van der Waals surface area contributed by atoms with Gasteiger partial charge in [-0.2, -0.15) is 16.9 Å². The first-order valence-electron chi connectivity index (χ1n) is 4.64. The fourth-order valence-electron chi connectivity index (χ4n) is 0.827. The summed E-state index contributed by atoms with van der Waals surface area (Å²) in [6, 6.07) is 0. The molecule has 0 aliphatic rings. The molecule has 0 saturated heterocycles. The molecule has 3 N–H and O–H groups in total. The monoisotopic (exact) mass is 213 g/mol.